The fourth-order valence-corrected chi connectivity index (χ4v) is 1.79. The molecule has 2 atom stereocenters. The highest BCUT2D eigenvalue weighted by Crippen LogP contribution is 2.17. The summed E-state index contributed by atoms with van der Waals surface area (Å²) in [5.74, 6) is -0.775. The van der Waals surface area contributed by atoms with Gasteiger partial charge in [0.25, 0.3) is 0 Å². The molecule has 0 amide bonds. The quantitative estimate of drug-likeness (QED) is 0.850. The smallest absolute Gasteiger partial charge is 0.320 e. The van der Waals surface area contributed by atoms with Crippen LogP contribution in [0.1, 0.15) is 32.4 Å². The number of carboxylic acid groups (broad SMARTS) is 1. The van der Waals surface area contributed by atoms with Crippen molar-refractivity contribution < 1.29 is 9.90 Å². The van der Waals surface area contributed by atoms with E-state index in [2.05, 4.69) is 5.32 Å². The number of carbonyl (C=O) groups is 1. The number of carboxylic acids is 1. The fraction of sp³-hybridized carbons (Fsp3) is 0.462. The molecular formula is C13H18ClNO2. The van der Waals surface area contributed by atoms with Crippen LogP contribution in [0.4, 0.5) is 0 Å². The molecule has 1 unspecified atom stereocenters. The Kier molecular flexibility index (Phi) is 4.97. The molecule has 0 saturated carbocycles. The van der Waals surface area contributed by atoms with Crippen molar-refractivity contribution in [2.45, 2.75) is 32.9 Å². The van der Waals surface area contributed by atoms with E-state index in [0.29, 0.717) is 5.02 Å². The van der Waals surface area contributed by atoms with Gasteiger partial charge >= 0.3 is 5.97 Å². The van der Waals surface area contributed by atoms with Crippen LogP contribution < -0.4 is 5.32 Å². The first kappa shape index (κ1) is 14.0. The Bertz CT molecular complexity index is 376. The van der Waals surface area contributed by atoms with E-state index in [4.69, 9.17) is 16.7 Å². The van der Waals surface area contributed by atoms with Crippen molar-refractivity contribution in [2.24, 2.45) is 5.92 Å². The van der Waals surface area contributed by atoms with E-state index >= 15 is 0 Å². The Morgan fingerprint density at radius 1 is 1.24 bits per heavy atom. The average molecular weight is 256 g/mol. The van der Waals surface area contributed by atoms with Crippen molar-refractivity contribution >= 4 is 17.6 Å². The van der Waals surface area contributed by atoms with E-state index in [0.717, 1.165) is 5.56 Å². The van der Waals surface area contributed by atoms with Gasteiger partial charge in [0.2, 0.25) is 0 Å². The van der Waals surface area contributed by atoms with E-state index in [9.17, 15) is 4.79 Å². The van der Waals surface area contributed by atoms with Gasteiger partial charge < -0.3 is 5.11 Å². The summed E-state index contributed by atoms with van der Waals surface area (Å²) < 4.78 is 0. The second-order valence-corrected chi connectivity index (χ2v) is 4.94. The summed E-state index contributed by atoms with van der Waals surface area (Å²) in [6, 6.07) is 6.86. The maximum Gasteiger partial charge on any atom is 0.320 e. The van der Waals surface area contributed by atoms with E-state index in [1.165, 1.54) is 0 Å². The van der Waals surface area contributed by atoms with E-state index in [1.807, 2.05) is 32.9 Å². The predicted octanol–water partition coefficient (Wildman–Crippen LogP) is 3.10. The second kappa shape index (κ2) is 6.03. The molecule has 0 radical (unpaired) electrons. The molecule has 2 N–H and O–H groups in total. The summed E-state index contributed by atoms with van der Waals surface area (Å²) in [6.45, 7) is 5.72. The maximum absolute atomic E-state index is 11.1. The molecule has 17 heavy (non-hydrogen) atoms. The Morgan fingerprint density at radius 3 is 2.18 bits per heavy atom. The monoisotopic (exact) mass is 255 g/mol. The number of hydrogen-bond donors (Lipinski definition) is 2. The van der Waals surface area contributed by atoms with Crippen LogP contribution >= 0.6 is 11.6 Å². The molecule has 0 aliphatic heterocycles. The zero-order valence-electron chi connectivity index (χ0n) is 10.3. The number of rotatable bonds is 5. The number of aliphatic carboxylic acids is 1. The van der Waals surface area contributed by atoms with Crippen LogP contribution in [0.15, 0.2) is 24.3 Å². The van der Waals surface area contributed by atoms with Crippen LogP contribution in [0.25, 0.3) is 0 Å². The molecule has 0 aromatic heterocycles. The summed E-state index contributed by atoms with van der Waals surface area (Å²) in [5, 5.41) is 12.9. The molecule has 1 rings (SSSR count). The third kappa shape index (κ3) is 4.02. The van der Waals surface area contributed by atoms with Crippen LogP contribution in [0.3, 0.4) is 0 Å². The number of nitrogens with one attached hydrogen (secondary N) is 1. The highest BCUT2D eigenvalue weighted by molar-refractivity contribution is 6.30. The lowest BCUT2D eigenvalue weighted by atomic mass is 10.0. The lowest BCUT2D eigenvalue weighted by Gasteiger charge is -2.23. The number of benzene rings is 1. The molecule has 4 heteroatoms. The Balaban J connectivity index is 2.73. The van der Waals surface area contributed by atoms with Gasteiger partial charge in [-0.3, -0.25) is 10.1 Å². The molecule has 1 aromatic rings. The van der Waals surface area contributed by atoms with E-state index < -0.39 is 12.0 Å². The van der Waals surface area contributed by atoms with Crippen LogP contribution in [0.5, 0.6) is 0 Å². The molecule has 0 saturated heterocycles. The molecule has 0 spiro atoms. The third-order valence-electron chi connectivity index (χ3n) is 2.73. The average Bonchev–Trinajstić information content (AvgIpc) is 2.25. The largest absolute Gasteiger partial charge is 0.480 e. The van der Waals surface area contributed by atoms with Gasteiger partial charge in [0.1, 0.15) is 6.04 Å². The van der Waals surface area contributed by atoms with Gasteiger partial charge in [-0.05, 0) is 30.5 Å². The maximum atomic E-state index is 11.1. The molecule has 94 valence electrons. The second-order valence-electron chi connectivity index (χ2n) is 4.50. The highest BCUT2D eigenvalue weighted by Gasteiger charge is 2.23. The predicted molar refractivity (Wildman–Crippen MR) is 69.3 cm³/mol. The Labute approximate surface area is 107 Å². The van der Waals surface area contributed by atoms with Crippen LogP contribution in [0, 0.1) is 5.92 Å². The zero-order valence-corrected chi connectivity index (χ0v) is 11.0. The van der Waals surface area contributed by atoms with Crippen LogP contribution in [-0.4, -0.2) is 17.1 Å². The Morgan fingerprint density at radius 2 is 1.76 bits per heavy atom. The fourth-order valence-electron chi connectivity index (χ4n) is 1.67. The van der Waals surface area contributed by atoms with Crippen LogP contribution in [-0.2, 0) is 4.79 Å². The first-order valence-corrected chi connectivity index (χ1v) is 6.04. The van der Waals surface area contributed by atoms with Crippen molar-refractivity contribution in [1.82, 2.24) is 5.32 Å². The molecule has 3 nitrogen and oxygen atoms in total. The molecule has 0 aliphatic carbocycles. The summed E-state index contributed by atoms with van der Waals surface area (Å²) in [4.78, 5) is 11.1. The molecule has 0 fully saturated rings. The standard InChI is InChI=1S/C13H18ClNO2/c1-8(2)12(13(16)17)15-9(3)10-4-6-11(14)7-5-10/h4-9,12,15H,1-3H3,(H,16,17)/t9-,12?/m1/s1. The minimum absolute atomic E-state index is 0.0178. The minimum Gasteiger partial charge on any atom is -0.480 e. The molecule has 0 aliphatic rings. The van der Waals surface area contributed by atoms with Crippen molar-refractivity contribution in [3.63, 3.8) is 0 Å². The van der Waals surface area contributed by atoms with E-state index in [-0.39, 0.29) is 12.0 Å². The lowest BCUT2D eigenvalue weighted by molar-refractivity contribution is -0.140. The van der Waals surface area contributed by atoms with Gasteiger partial charge in [0, 0.05) is 11.1 Å². The third-order valence-corrected chi connectivity index (χ3v) is 2.98. The topological polar surface area (TPSA) is 49.3 Å². The van der Waals surface area contributed by atoms with Gasteiger partial charge in [0.15, 0.2) is 0 Å². The van der Waals surface area contributed by atoms with E-state index in [1.54, 1.807) is 12.1 Å². The van der Waals surface area contributed by atoms with Gasteiger partial charge in [-0.1, -0.05) is 37.6 Å². The summed E-state index contributed by atoms with van der Waals surface area (Å²) in [6.07, 6.45) is 0. The van der Waals surface area contributed by atoms with Crippen molar-refractivity contribution in [3.05, 3.63) is 34.9 Å². The van der Waals surface area contributed by atoms with Gasteiger partial charge in [0.05, 0.1) is 0 Å². The van der Waals surface area contributed by atoms with Crippen molar-refractivity contribution in [1.29, 1.82) is 0 Å². The van der Waals surface area contributed by atoms with Gasteiger partial charge in [-0.2, -0.15) is 0 Å². The van der Waals surface area contributed by atoms with Crippen molar-refractivity contribution in [2.75, 3.05) is 0 Å². The molecule has 1 aromatic carbocycles. The lowest BCUT2D eigenvalue weighted by Crippen LogP contribution is -2.42. The molecule has 0 heterocycles. The summed E-state index contributed by atoms with van der Waals surface area (Å²) in [5.41, 5.74) is 1.03. The highest BCUT2D eigenvalue weighted by atomic mass is 35.5. The first-order chi connectivity index (χ1) is 7.91. The summed E-state index contributed by atoms with van der Waals surface area (Å²) >= 11 is 5.81. The summed E-state index contributed by atoms with van der Waals surface area (Å²) in [7, 11) is 0. The van der Waals surface area contributed by atoms with Crippen LogP contribution in [0.2, 0.25) is 5.02 Å². The number of halogens is 1. The van der Waals surface area contributed by atoms with Gasteiger partial charge in [-0.15, -0.1) is 0 Å². The molecule has 0 bridgehead atoms. The Hall–Kier alpha value is -1.06. The SMILES string of the molecule is CC(C)C(N[C@H](C)c1ccc(Cl)cc1)C(=O)O. The zero-order chi connectivity index (χ0) is 13.0. The first-order valence-electron chi connectivity index (χ1n) is 5.66. The van der Waals surface area contributed by atoms with Crippen molar-refractivity contribution in [3.8, 4) is 0 Å². The van der Waals surface area contributed by atoms with Gasteiger partial charge in [-0.25, -0.2) is 0 Å². The minimum atomic E-state index is -0.819. The number of hydrogen-bond acceptors (Lipinski definition) is 2. The molecular weight excluding hydrogens is 238 g/mol. The normalized spacial score (nSPS) is 14.6.